The highest BCUT2D eigenvalue weighted by atomic mass is 19.1. The van der Waals surface area contributed by atoms with Gasteiger partial charge < -0.3 is 14.3 Å². The number of hydrogen-bond acceptors (Lipinski definition) is 6. The number of aliphatic hydroxyl groups excluding tert-OH is 1. The lowest BCUT2D eigenvalue weighted by Gasteiger charge is -2.60. The summed E-state index contributed by atoms with van der Waals surface area (Å²) >= 11 is 0. The van der Waals surface area contributed by atoms with Crippen LogP contribution in [0.2, 0.25) is 0 Å². The van der Waals surface area contributed by atoms with Crippen molar-refractivity contribution in [1.29, 1.82) is 0 Å². The molecule has 1 N–H and O–H groups in total. The molecule has 7 nitrogen and oxygen atoms in total. The van der Waals surface area contributed by atoms with Gasteiger partial charge in [-0.25, -0.2) is 13.9 Å². The average Bonchev–Trinajstić information content (AvgIpc) is 3.66. The number of carbonyl (C=O) groups excluding carboxylic acids is 2. The van der Waals surface area contributed by atoms with Gasteiger partial charge in [0, 0.05) is 5.41 Å². The highest BCUT2D eigenvalue weighted by Crippen LogP contribution is 2.68. The molecule has 2 heterocycles. The molecule has 0 bridgehead atoms. The lowest BCUT2D eigenvalue weighted by atomic mass is 9.45. The molecule has 3 fully saturated rings. The number of allylic oxidation sites excluding steroid dienone is 1. The Labute approximate surface area is 232 Å². The Balaban J connectivity index is 1.21. The quantitative estimate of drug-likeness (QED) is 0.342. The predicted molar refractivity (Wildman–Crippen MR) is 144 cm³/mol. The van der Waals surface area contributed by atoms with Crippen LogP contribution < -0.4 is 0 Å². The Morgan fingerprint density at radius 1 is 1.23 bits per heavy atom. The highest BCUT2D eigenvalue weighted by molar-refractivity contribution is 5.88. The summed E-state index contributed by atoms with van der Waals surface area (Å²) in [6, 6.07) is 9.50. The smallest absolute Gasteiger partial charge is 0.375 e. The number of aromatic nitrogens is 2. The van der Waals surface area contributed by atoms with Crippen LogP contribution in [-0.4, -0.2) is 38.8 Å². The number of furan rings is 1. The molecule has 5 unspecified atom stereocenters. The third-order valence-electron chi connectivity index (χ3n) is 10.9. The van der Waals surface area contributed by atoms with Gasteiger partial charge in [0.2, 0.25) is 5.76 Å². The SMILES string of the molecule is CC12Cc3cnn(-c4ccc(F)cc4)c3C=C1CCC1C2[C@@H](O)CC2(C)C1CC[C@@]2(C=O)OC(=O)c1ccco1. The second-order valence-corrected chi connectivity index (χ2v) is 12.6. The molecule has 0 spiro atoms. The van der Waals surface area contributed by atoms with E-state index in [-0.39, 0.29) is 34.7 Å². The number of rotatable bonds is 4. The molecule has 40 heavy (non-hydrogen) atoms. The molecular formula is C32H33FN2O5. The van der Waals surface area contributed by atoms with Crippen molar-refractivity contribution in [1.82, 2.24) is 9.78 Å². The standard InChI is InChI=1S/C32H33FN2O5/c1-30-15-19-17-34-35(22-8-6-21(33)7-9-22)25(19)14-20(30)5-10-23-24-11-12-32(18-36,31(24,2)16-26(37)28(23)30)40-29(38)27-4-3-13-39-27/h3-4,6-9,13-14,17-18,23-24,26,28,37H,5,10-12,15-16H2,1-2H3/t23?,24?,26-,28?,30?,31?,32-/m0/s1. The van der Waals surface area contributed by atoms with Crippen molar-refractivity contribution in [3.63, 3.8) is 0 Å². The zero-order valence-electron chi connectivity index (χ0n) is 22.7. The van der Waals surface area contributed by atoms with Gasteiger partial charge in [-0.2, -0.15) is 5.10 Å². The van der Waals surface area contributed by atoms with Gasteiger partial charge in [0.1, 0.15) is 5.82 Å². The van der Waals surface area contributed by atoms with Gasteiger partial charge in [0.25, 0.3) is 0 Å². The maximum absolute atomic E-state index is 13.5. The summed E-state index contributed by atoms with van der Waals surface area (Å²) in [4.78, 5) is 25.6. The number of esters is 1. The number of carbonyl (C=O) groups is 2. The van der Waals surface area contributed by atoms with E-state index in [0.29, 0.717) is 12.8 Å². The number of hydrogen-bond donors (Lipinski definition) is 1. The van der Waals surface area contributed by atoms with E-state index in [1.807, 2.05) is 17.8 Å². The van der Waals surface area contributed by atoms with Gasteiger partial charge >= 0.3 is 5.97 Å². The topological polar surface area (TPSA) is 94.6 Å². The maximum Gasteiger partial charge on any atom is 0.375 e. The molecule has 3 aromatic rings. The van der Waals surface area contributed by atoms with E-state index in [2.05, 4.69) is 18.1 Å². The summed E-state index contributed by atoms with van der Waals surface area (Å²) in [6.07, 6.45) is 9.77. The Bertz CT molecular complexity index is 1510. The summed E-state index contributed by atoms with van der Waals surface area (Å²) in [5.41, 5.74) is 1.99. The molecule has 8 heteroatoms. The van der Waals surface area contributed by atoms with E-state index in [1.165, 1.54) is 30.0 Å². The van der Waals surface area contributed by atoms with Crippen LogP contribution in [0.25, 0.3) is 11.8 Å². The lowest BCUT2D eigenvalue weighted by molar-refractivity contribution is -0.172. The monoisotopic (exact) mass is 544 g/mol. The van der Waals surface area contributed by atoms with Gasteiger partial charge in [-0.1, -0.05) is 19.4 Å². The van der Waals surface area contributed by atoms with Crippen molar-refractivity contribution in [2.45, 2.75) is 64.1 Å². The second kappa shape index (κ2) is 8.74. The molecular weight excluding hydrogens is 511 g/mol. The molecule has 3 saturated carbocycles. The minimum absolute atomic E-state index is 0.0103. The van der Waals surface area contributed by atoms with E-state index in [1.54, 1.807) is 18.2 Å². The van der Waals surface area contributed by atoms with E-state index in [4.69, 9.17) is 9.15 Å². The van der Waals surface area contributed by atoms with Gasteiger partial charge in [0.15, 0.2) is 11.9 Å². The summed E-state index contributed by atoms with van der Waals surface area (Å²) in [6.45, 7) is 4.28. The van der Waals surface area contributed by atoms with Crippen molar-refractivity contribution in [2.75, 3.05) is 0 Å². The van der Waals surface area contributed by atoms with Crippen LogP contribution in [-0.2, 0) is 16.0 Å². The van der Waals surface area contributed by atoms with E-state index >= 15 is 0 Å². The zero-order valence-corrected chi connectivity index (χ0v) is 22.7. The molecule has 4 aliphatic carbocycles. The van der Waals surface area contributed by atoms with Crippen LogP contribution in [0.1, 0.15) is 67.8 Å². The van der Waals surface area contributed by atoms with Crippen LogP contribution in [0.3, 0.4) is 0 Å². The molecule has 2 aromatic heterocycles. The zero-order chi connectivity index (χ0) is 27.9. The minimum atomic E-state index is -1.31. The van der Waals surface area contributed by atoms with Crippen LogP contribution in [0.5, 0.6) is 0 Å². The van der Waals surface area contributed by atoms with Crippen molar-refractivity contribution in [3.05, 3.63) is 77.3 Å². The largest absolute Gasteiger partial charge is 0.457 e. The molecule has 7 rings (SSSR count). The number of nitrogens with zero attached hydrogens (tertiary/aromatic N) is 2. The molecule has 4 aliphatic rings. The molecule has 0 saturated heterocycles. The first-order chi connectivity index (χ1) is 19.2. The summed E-state index contributed by atoms with van der Waals surface area (Å²) in [7, 11) is 0. The average molecular weight is 545 g/mol. The fourth-order valence-corrected chi connectivity index (χ4v) is 8.99. The fourth-order valence-electron chi connectivity index (χ4n) is 8.99. The minimum Gasteiger partial charge on any atom is -0.457 e. The van der Waals surface area contributed by atoms with E-state index in [9.17, 15) is 19.1 Å². The van der Waals surface area contributed by atoms with Crippen LogP contribution in [0.15, 0.2) is 58.8 Å². The number of benzene rings is 1. The molecule has 0 amide bonds. The molecule has 208 valence electrons. The lowest BCUT2D eigenvalue weighted by Crippen LogP contribution is -2.61. The van der Waals surface area contributed by atoms with Crippen LogP contribution >= 0.6 is 0 Å². The Kier molecular flexibility index (Phi) is 5.56. The van der Waals surface area contributed by atoms with Crippen molar-refractivity contribution >= 4 is 18.3 Å². The number of aldehydes is 1. The summed E-state index contributed by atoms with van der Waals surface area (Å²) < 4.78 is 26.6. The second-order valence-electron chi connectivity index (χ2n) is 12.6. The number of halogens is 1. The summed E-state index contributed by atoms with van der Waals surface area (Å²) in [5.74, 6) is -0.522. The number of fused-ring (bicyclic) bond motifs is 6. The molecule has 0 radical (unpaired) electrons. The van der Waals surface area contributed by atoms with Crippen molar-refractivity contribution in [3.8, 4) is 5.69 Å². The van der Waals surface area contributed by atoms with Crippen molar-refractivity contribution < 1.29 is 28.2 Å². The highest BCUT2D eigenvalue weighted by Gasteiger charge is 2.68. The Hall–Kier alpha value is -3.52. The Morgan fingerprint density at radius 2 is 2.02 bits per heavy atom. The van der Waals surface area contributed by atoms with Gasteiger partial charge in [-0.3, -0.25) is 4.79 Å². The van der Waals surface area contributed by atoms with Crippen LogP contribution in [0, 0.1) is 34.4 Å². The maximum atomic E-state index is 13.5. The first kappa shape index (κ1) is 25.4. The first-order valence-corrected chi connectivity index (χ1v) is 14.1. The summed E-state index contributed by atoms with van der Waals surface area (Å²) in [5, 5.41) is 16.5. The van der Waals surface area contributed by atoms with E-state index < -0.39 is 23.1 Å². The van der Waals surface area contributed by atoms with Crippen LogP contribution in [0.4, 0.5) is 4.39 Å². The van der Waals surface area contributed by atoms with E-state index in [0.717, 1.165) is 48.9 Å². The normalized spacial score (nSPS) is 36.0. The van der Waals surface area contributed by atoms with Gasteiger partial charge in [0.05, 0.1) is 29.9 Å². The first-order valence-electron chi connectivity index (χ1n) is 14.1. The van der Waals surface area contributed by atoms with Crippen molar-refractivity contribution in [2.24, 2.45) is 28.6 Å². The third kappa shape index (κ3) is 3.41. The molecule has 1 aromatic carbocycles. The number of ether oxygens (including phenoxy) is 1. The number of aliphatic hydroxyl groups is 1. The predicted octanol–water partition coefficient (Wildman–Crippen LogP) is 5.55. The fraction of sp³-hybridized carbons (Fsp3) is 0.469. The van der Waals surface area contributed by atoms with Gasteiger partial charge in [-0.05, 0) is 110 Å². The molecule has 0 aliphatic heterocycles. The third-order valence-corrected chi connectivity index (χ3v) is 10.9. The van der Waals surface area contributed by atoms with Gasteiger partial charge in [-0.15, -0.1) is 0 Å². The molecule has 7 atom stereocenters. The Morgan fingerprint density at radius 3 is 2.75 bits per heavy atom.